The Labute approximate surface area is 154 Å². The number of benzene rings is 1. The van der Waals surface area contributed by atoms with E-state index < -0.39 is 0 Å². The lowest BCUT2D eigenvalue weighted by Crippen LogP contribution is -2.50. The van der Waals surface area contributed by atoms with Crippen molar-refractivity contribution in [2.75, 3.05) is 40.3 Å². The molecule has 0 saturated carbocycles. The molecule has 5 nitrogen and oxygen atoms in total. The first-order valence-electron chi connectivity index (χ1n) is 9.48. The fourth-order valence-electron chi connectivity index (χ4n) is 4.48. The molecule has 2 atom stereocenters. The number of aromatic nitrogens is 1. The molecular formula is C21H27N3O2. The van der Waals surface area contributed by atoms with Gasteiger partial charge in [0.1, 0.15) is 5.69 Å². The maximum atomic E-state index is 13.0. The van der Waals surface area contributed by atoms with Crippen LogP contribution in [-0.4, -0.2) is 66.6 Å². The first-order valence-corrected chi connectivity index (χ1v) is 9.48. The van der Waals surface area contributed by atoms with E-state index in [1.54, 1.807) is 0 Å². The average molecular weight is 353 g/mol. The van der Waals surface area contributed by atoms with Crippen molar-refractivity contribution in [1.82, 2.24) is 14.8 Å². The molecule has 2 aliphatic heterocycles. The molecule has 0 radical (unpaired) electrons. The minimum atomic E-state index is -0.161. The fourth-order valence-corrected chi connectivity index (χ4v) is 4.48. The van der Waals surface area contributed by atoms with Crippen molar-refractivity contribution >= 4 is 16.8 Å². The van der Waals surface area contributed by atoms with E-state index in [-0.39, 0.29) is 11.5 Å². The lowest BCUT2D eigenvalue weighted by molar-refractivity contribution is -0.0451. The van der Waals surface area contributed by atoms with Crippen LogP contribution in [0.3, 0.4) is 0 Å². The van der Waals surface area contributed by atoms with Crippen molar-refractivity contribution in [3.63, 3.8) is 0 Å². The van der Waals surface area contributed by atoms with Gasteiger partial charge < -0.3 is 14.5 Å². The van der Waals surface area contributed by atoms with Crippen LogP contribution < -0.4 is 0 Å². The van der Waals surface area contributed by atoms with E-state index in [1.807, 2.05) is 41.3 Å². The van der Waals surface area contributed by atoms with Crippen molar-refractivity contribution < 1.29 is 9.53 Å². The Bertz CT molecular complexity index is 807. The largest absolute Gasteiger partial charge is 0.373 e. The second kappa shape index (κ2) is 6.97. The zero-order valence-electron chi connectivity index (χ0n) is 15.6. The number of piperidine rings is 1. The Morgan fingerprint density at radius 3 is 3.00 bits per heavy atom. The maximum absolute atomic E-state index is 13.0. The van der Waals surface area contributed by atoms with Crippen LogP contribution in [0.1, 0.15) is 29.8 Å². The van der Waals surface area contributed by atoms with E-state index in [0.29, 0.717) is 18.2 Å². The van der Waals surface area contributed by atoms with Gasteiger partial charge in [0.15, 0.2) is 0 Å². The summed E-state index contributed by atoms with van der Waals surface area (Å²) >= 11 is 0. The summed E-state index contributed by atoms with van der Waals surface area (Å²) in [6, 6.07) is 11.7. The summed E-state index contributed by atoms with van der Waals surface area (Å²) in [4.78, 5) is 21.8. The van der Waals surface area contributed by atoms with E-state index in [0.717, 1.165) is 49.9 Å². The smallest absolute Gasteiger partial charge is 0.272 e. The van der Waals surface area contributed by atoms with Gasteiger partial charge in [-0.3, -0.25) is 4.79 Å². The SMILES string of the molecule is CN(C)C[C@@H]1CO[C@]2(CCCN(C(=O)c3ccc4ccccc4n3)C2)C1. The second-order valence-corrected chi connectivity index (χ2v) is 8.05. The average Bonchev–Trinajstić information content (AvgIpc) is 3.01. The molecule has 3 heterocycles. The summed E-state index contributed by atoms with van der Waals surface area (Å²) in [5, 5.41) is 1.06. The lowest BCUT2D eigenvalue weighted by atomic mass is 9.86. The van der Waals surface area contributed by atoms with Crippen LogP contribution in [0.15, 0.2) is 36.4 Å². The highest BCUT2D eigenvalue weighted by molar-refractivity contribution is 5.95. The number of amides is 1. The molecule has 1 aromatic heterocycles. The number of rotatable bonds is 3. The number of carbonyl (C=O) groups is 1. The summed E-state index contributed by atoms with van der Waals surface area (Å²) in [6.07, 6.45) is 3.08. The minimum Gasteiger partial charge on any atom is -0.373 e. The maximum Gasteiger partial charge on any atom is 0.272 e. The second-order valence-electron chi connectivity index (χ2n) is 8.05. The summed E-state index contributed by atoms with van der Waals surface area (Å²) in [5.74, 6) is 0.577. The number of nitrogens with zero attached hydrogens (tertiary/aromatic N) is 3. The van der Waals surface area contributed by atoms with E-state index in [9.17, 15) is 4.79 Å². The molecule has 4 rings (SSSR count). The number of hydrogen-bond donors (Lipinski definition) is 0. The first-order chi connectivity index (χ1) is 12.5. The molecule has 2 fully saturated rings. The minimum absolute atomic E-state index is 0.0227. The molecule has 0 bridgehead atoms. The predicted molar refractivity (Wildman–Crippen MR) is 102 cm³/mol. The summed E-state index contributed by atoms with van der Waals surface area (Å²) in [6.45, 7) is 3.32. The Kier molecular flexibility index (Phi) is 4.67. The van der Waals surface area contributed by atoms with Crippen molar-refractivity contribution in [2.24, 2.45) is 5.92 Å². The van der Waals surface area contributed by atoms with Crippen molar-refractivity contribution in [2.45, 2.75) is 24.9 Å². The number of fused-ring (bicyclic) bond motifs is 1. The van der Waals surface area contributed by atoms with Crippen LogP contribution in [0.25, 0.3) is 10.9 Å². The van der Waals surface area contributed by atoms with Gasteiger partial charge in [0, 0.05) is 18.5 Å². The van der Waals surface area contributed by atoms with Gasteiger partial charge in [0.2, 0.25) is 0 Å². The Morgan fingerprint density at radius 2 is 2.15 bits per heavy atom. The molecule has 138 valence electrons. The number of pyridine rings is 1. The zero-order valence-corrected chi connectivity index (χ0v) is 15.6. The molecule has 1 amide bonds. The van der Waals surface area contributed by atoms with Gasteiger partial charge in [-0.15, -0.1) is 0 Å². The van der Waals surface area contributed by atoms with E-state index in [4.69, 9.17) is 4.74 Å². The van der Waals surface area contributed by atoms with Crippen LogP contribution in [0.2, 0.25) is 0 Å². The van der Waals surface area contributed by atoms with Crippen LogP contribution in [0.5, 0.6) is 0 Å². The third-order valence-electron chi connectivity index (χ3n) is 5.55. The third kappa shape index (κ3) is 3.46. The van der Waals surface area contributed by atoms with Gasteiger partial charge in [0.25, 0.3) is 5.91 Å². The molecule has 1 aromatic carbocycles. The van der Waals surface area contributed by atoms with Gasteiger partial charge in [-0.2, -0.15) is 0 Å². The van der Waals surface area contributed by atoms with E-state index in [2.05, 4.69) is 24.0 Å². The van der Waals surface area contributed by atoms with Crippen molar-refractivity contribution in [1.29, 1.82) is 0 Å². The first kappa shape index (κ1) is 17.4. The van der Waals surface area contributed by atoms with Gasteiger partial charge in [-0.25, -0.2) is 4.98 Å². The molecule has 0 aliphatic carbocycles. The molecular weight excluding hydrogens is 326 g/mol. The van der Waals surface area contributed by atoms with Gasteiger partial charge >= 0.3 is 0 Å². The molecule has 2 aromatic rings. The van der Waals surface area contributed by atoms with Crippen molar-refractivity contribution in [3.05, 3.63) is 42.1 Å². The predicted octanol–water partition coefficient (Wildman–Crippen LogP) is 2.81. The quantitative estimate of drug-likeness (QED) is 0.851. The number of hydrogen-bond acceptors (Lipinski definition) is 4. The Hall–Kier alpha value is -1.98. The highest BCUT2D eigenvalue weighted by Gasteiger charge is 2.44. The van der Waals surface area contributed by atoms with E-state index >= 15 is 0 Å². The van der Waals surface area contributed by atoms with Gasteiger partial charge in [-0.05, 0) is 51.4 Å². The third-order valence-corrected chi connectivity index (χ3v) is 5.55. The normalized spacial score (nSPS) is 26.1. The van der Waals surface area contributed by atoms with Crippen LogP contribution in [0, 0.1) is 5.92 Å². The summed E-state index contributed by atoms with van der Waals surface area (Å²) in [7, 11) is 4.21. The molecule has 1 spiro atoms. The van der Waals surface area contributed by atoms with Crippen molar-refractivity contribution in [3.8, 4) is 0 Å². The van der Waals surface area contributed by atoms with E-state index in [1.165, 1.54) is 0 Å². The highest BCUT2D eigenvalue weighted by Crippen LogP contribution is 2.38. The molecule has 0 unspecified atom stereocenters. The standard InChI is InChI=1S/C21H27N3O2/c1-23(2)13-16-12-21(26-14-16)10-5-11-24(15-21)20(25)19-9-8-17-6-3-4-7-18(17)22-19/h3-4,6-9,16H,5,10-15H2,1-2H3/t16-,21-/m1/s1. The molecule has 2 aliphatic rings. The Balaban J connectivity index is 1.49. The zero-order chi connectivity index (χ0) is 18.1. The van der Waals surface area contributed by atoms with Gasteiger partial charge in [0.05, 0.1) is 24.3 Å². The molecule has 2 saturated heterocycles. The number of para-hydroxylation sites is 1. The monoisotopic (exact) mass is 353 g/mol. The number of likely N-dealkylation sites (tertiary alicyclic amines) is 1. The van der Waals surface area contributed by atoms with Crippen LogP contribution >= 0.6 is 0 Å². The van der Waals surface area contributed by atoms with Crippen LogP contribution in [0.4, 0.5) is 0 Å². The van der Waals surface area contributed by atoms with Crippen LogP contribution in [-0.2, 0) is 4.74 Å². The van der Waals surface area contributed by atoms with Gasteiger partial charge in [-0.1, -0.05) is 24.3 Å². The topological polar surface area (TPSA) is 45.7 Å². The highest BCUT2D eigenvalue weighted by atomic mass is 16.5. The fraction of sp³-hybridized carbons (Fsp3) is 0.524. The molecule has 0 N–H and O–H groups in total. The lowest BCUT2D eigenvalue weighted by Gasteiger charge is -2.39. The number of carbonyl (C=O) groups excluding carboxylic acids is 1. The summed E-state index contributed by atoms with van der Waals surface area (Å²) in [5.41, 5.74) is 1.24. The summed E-state index contributed by atoms with van der Waals surface area (Å²) < 4.78 is 6.24. The molecule has 5 heteroatoms. The number of ether oxygens (including phenoxy) is 1. The Morgan fingerprint density at radius 1 is 1.31 bits per heavy atom. The molecule has 26 heavy (non-hydrogen) atoms.